The Morgan fingerprint density at radius 3 is 2.61 bits per heavy atom. The van der Waals surface area contributed by atoms with Gasteiger partial charge in [0.05, 0.1) is 38.3 Å². The molecule has 0 bridgehead atoms. The SMILES string of the molecule is C[C@H]1[C@@H](O)[C@H](n2cc(F)c3c(=O)[nH]cnc32)O[C@@H]1COP(O)(=S)O[C@@H]1[C@H](O)[C@@H](COP(=O)(O)S)O[C@H]1n1cnc2c1NC=NC2N. The van der Waals surface area contributed by atoms with Crippen LogP contribution in [0.4, 0.5) is 10.2 Å². The summed E-state index contributed by atoms with van der Waals surface area (Å²) in [6.07, 6.45) is -4.84. The Balaban J connectivity index is 1.19. The third-order valence-electron chi connectivity index (χ3n) is 7.76. The number of hydrogen-bond acceptors (Lipinski definition) is 15. The molecule has 6 heterocycles. The molecule has 252 valence electrons. The molecule has 19 nitrogen and oxygen atoms in total. The number of thiol groups is 1. The van der Waals surface area contributed by atoms with E-state index in [-0.39, 0.29) is 11.0 Å². The van der Waals surface area contributed by atoms with E-state index in [1.807, 2.05) is 0 Å². The Hall–Kier alpha value is -2.14. The number of aromatic amines is 1. The second-order valence-electron chi connectivity index (χ2n) is 10.7. The summed E-state index contributed by atoms with van der Waals surface area (Å²) in [4.78, 5) is 47.2. The minimum Gasteiger partial charge on any atom is -0.388 e. The first kappa shape index (κ1) is 33.7. The molecule has 3 aromatic heterocycles. The monoisotopic (exact) mass is 726 g/mol. The molecule has 24 heteroatoms. The van der Waals surface area contributed by atoms with Crippen LogP contribution >= 0.6 is 25.8 Å². The Labute approximate surface area is 268 Å². The predicted octanol–water partition coefficient (Wildman–Crippen LogP) is -0.0104. The molecule has 0 spiro atoms. The van der Waals surface area contributed by atoms with Crippen molar-refractivity contribution in [3.05, 3.63) is 40.7 Å². The molecule has 2 saturated heterocycles. The summed E-state index contributed by atoms with van der Waals surface area (Å²) in [6, 6.07) is 0. The van der Waals surface area contributed by atoms with Crippen molar-refractivity contribution in [3.8, 4) is 0 Å². The highest BCUT2D eigenvalue weighted by Crippen LogP contribution is 2.52. The topological polar surface area (TPSA) is 263 Å². The zero-order valence-electron chi connectivity index (χ0n) is 23.5. The van der Waals surface area contributed by atoms with Crippen LogP contribution in [0.3, 0.4) is 0 Å². The highest BCUT2D eigenvalue weighted by Gasteiger charge is 2.50. The second kappa shape index (κ2) is 12.7. The average molecular weight is 727 g/mol. The summed E-state index contributed by atoms with van der Waals surface area (Å²) >= 11 is 8.72. The van der Waals surface area contributed by atoms with E-state index in [4.69, 9.17) is 40.6 Å². The summed E-state index contributed by atoms with van der Waals surface area (Å²) in [5, 5.41) is 24.6. The van der Waals surface area contributed by atoms with Crippen molar-refractivity contribution >= 4 is 60.8 Å². The lowest BCUT2D eigenvalue weighted by Gasteiger charge is -2.28. The molecule has 0 amide bonds. The number of aromatic nitrogens is 5. The molecule has 0 saturated carbocycles. The van der Waals surface area contributed by atoms with Gasteiger partial charge >= 0.3 is 13.5 Å². The number of nitrogens with zero attached hydrogens (tertiary/aromatic N) is 5. The van der Waals surface area contributed by atoms with Gasteiger partial charge in [-0.25, -0.2) is 18.9 Å². The maximum Gasteiger partial charge on any atom is 0.383 e. The van der Waals surface area contributed by atoms with Crippen LogP contribution in [0.15, 0.2) is 28.6 Å². The van der Waals surface area contributed by atoms with Gasteiger partial charge in [-0.15, -0.1) is 0 Å². The molecule has 3 aliphatic heterocycles. The third kappa shape index (κ3) is 6.48. The number of imidazole rings is 1. The highest BCUT2D eigenvalue weighted by atomic mass is 32.7. The second-order valence-corrected chi connectivity index (χ2v) is 16.2. The number of anilines is 1. The minimum atomic E-state index is -4.26. The van der Waals surface area contributed by atoms with E-state index < -0.39 is 93.2 Å². The molecular formula is C22H29FN8O11P2S2. The lowest BCUT2D eigenvalue weighted by Crippen LogP contribution is -2.35. The van der Waals surface area contributed by atoms with Gasteiger partial charge in [0.15, 0.2) is 23.9 Å². The standard InChI is InChI=1S/C22H29FN8O11P2S2/c1-8-10(40-21(14(8)32)30-2-9(23)12-18(30)26-6-28-20(12)34)3-39-44(37,46)42-16-15(33)11(4-38-43(35,36)45)41-22(16)31-7-29-13-17(24)25-5-27-19(13)31/h2,5-8,10-11,14-17,21-22,32-33H,3-4,24H2,1H3,(H,25,27)(H,37,46)(H,26,28,34)(H2,35,36,45)/t8-,10-,11-,14-,15-,16-,17?,21-,22-,44?/m1/s1. The number of rotatable bonds is 10. The van der Waals surface area contributed by atoms with Crippen molar-refractivity contribution in [1.82, 2.24) is 24.1 Å². The van der Waals surface area contributed by atoms with E-state index in [9.17, 15) is 33.7 Å². The normalized spacial score (nSPS) is 33.5. The number of halogens is 1. The summed E-state index contributed by atoms with van der Waals surface area (Å²) in [5.74, 6) is -1.16. The first-order chi connectivity index (χ1) is 21.6. The van der Waals surface area contributed by atoms with Crippen LogP contribution < -0.4 is 16.6 Å². The van der Waals surface area contributed by atoms with Crippen molar-refractivity contribution in [2.24, 2.45) is 16.6 Å². The number of nitrogens with two attached hydrogens (primary N) is 1. The highest BCUT2D eigenvalue weighted by molar-refractivity contribution is 8.44. The molecule has 3 aromatic rings. The Morgan fingerprint density at radius 1 is 1.15 bits per heavy atom. The number of nitrogens with one attached hydrogen (secondary N) is 2. The number of hydrogen-bond donors (Lipinski definition) is 8. The largest absolute Gasteiger partial charge is 0.388 e. The summed E-state index contributed by atoms with van der Waals surface area (Å²) in [6.45, 7) is -7.85. The van der Waals surface area contributed by atoms with Crippen LogP contribution in [0.25, 0.3) is 11.0 Å². The van der Waals surface area contributed by atoms with Gasteiger partial charge in [-0.2, -0.15) is 0 Å². The Kier molecular flexibility index (Phi) is 9.33. The van der Waals surface area contributed by atoms with E-state index in [2.05, 4.69) is 37.5 Å². The maximum atomic E-state index is 14.6. The number of aliphatic hydroxyl groups excluding tert-OH is 2. The molecule has 0 aliphatic carbocycles. The summed E-state index contributed by atoms with van der Waals surface area (Å²) < 4.78 is 56.8. The molecule has 0 aromatic carbocycles. The molecule has 8 N–H and O–H groups in total. The van der Waals surface area contributed by atoms with Crippen molar-refractivity contribution in [3.63, 3.8) is 0 Å². The van der Waals surface area contributed by atoms with Gasteiger partial charge < -0.3 is 54.6 Å². The first-order valence-corrected chi connectivity index (χ1v) is 18.8. The molecule has 6 rings (SSSR count). The molecule has 0 radical (unpaired) electrons. The summed E-state index contributed by atoms with van der Waals surface area (Å²) in [5.41, 5.74) is 5.57. The molecule has 3 unspecified atom stereocenters. The number of aliphatic hydroxyl groups is 2. The van der Waals surface area contributed by atoms with Gasteiger partial charge in [-0.3, -0.25) is 23.4 Å². The van der Waals surface area contributed by atoms with Crippen molar-refractivity contribution in [2.75, 3.05) is 18.5 Å². The number of aliphatic imine (C=N–C) groups is 1. The van der Waals surface area contributed by atoms with E-state index in [0.717, 1.165) is 12.5 Å². The van der Waals surface area contributed by atoms with E-state index >= 15 is 0 Å². The fourth-order valence-electron chi connectivity index (χ4n) is 5.43. The smallest absolute Gasteiger partial charge is 0.383 e. The van der Waals surface area contributed by atoms with Crippen LogP contribution in [0, 0.1) is 11.7 Å². The quantitative estimate of drug-likeness (QED) is 0.101. The zero-order valence-corrected chi connectivity index (χ0v) is 27.0. The Morgan fingerprint density at radius 2 is 1.87 bits per heavy atom. The van der Waals surface area contributed by atoms with Crippen LogP contribution in [0.5, 0.6) is 0 Å². The molecule has 2 fully saturated rings. The number of ether oxygens (including phenoxy) is 2. The lowest BCUT2D eigenvalue weighted by molar-refractivity contribution is -0.0548. The van der Waals surface area contributed by atoms with Gasteiger partial charge in [0.25, 0.3) is 5.56 Å². The van der Waals surface area contributed by atoms with E-state index in [0.29, 0.717) is 11.5 Å². The van der Waals surface area contributed by atoms with Gasteiger partial charge in [0.1, 0.15) is 47.5 Å². The average Bonchev–Trinajstić information content (AvgIpc) is 3.71. The first-order valence-electron chi connectivity index (χ1n) is 13.5. The van der Waals surface area contributed by atoms with Crippen molar-refractivity contribution < 1.29 is 52.0 Å². The van der Waals surface area contributed by atoms with Gasteiger partial charge in [0, 0.05) is 12.1 Å². The third-order valence-corrected chi connectivity index (χ3v) is 10.2. The summed E-state index contributed by atoms with van der Waals surface area (Å²) in [7, 11) is 0. The molecule has 46 heavy (non-hydrogen) atoms. The van der Waals surface area contributed by atoms with Crippen molar-refractivity contribution in [2.45, 2.75) is 56.1 Å². The van der Waals surface area contributed by atoms with Crippen LogP contribution in [-0.4, -0.2) is 94.2 Å². The van der Waals surface area contributed by atoms with Crippen LogP contribution in [0.1, 0.15) is 31.2 Å². The fourth-order valence-corrected chi connectivity index (χ4v) is 7.38. The van der Waals surface area contributed by atoms with Crippen LogP contribution in [-0.2, 0) is 39.4 Å². The molecule has 11 atom stereocenters. The van der Waals surface area contributed by atoms with E-state index in [1.54, 1.807) is 6.92 Å². The lowest BCUT2D eigenvalue weighted by atomic mass is 10.0. The minimum absolute atomic E-state index is 0.0478. The van der Waals surface area contributed by atoms with Crippen molar-refractivity contribution in [1.29, 1.82) is 0 Å². The number of H-pyrrole nitrogens is 1. The predicted molar refractivity (Wildman–Crippen MR) is 163 cm³/mol. The molecular weight excluding hydrogens is 697 g/mol. The zero-order chi connectivity index (χ0) is 33.1. The Bertz CT molecular complexity index is 1800. The van der Waals surface area contributed by atoms with Crippen LogP contribution in [0.2, 0.25) is 0 Å². The fraction of sp³-hybridized carbons (Fsp3) is 0.545. The van der Waals surface area contributed by atoms with Gasteiger partial charge in [-0.05, 0) is 11.8 Å². The van der Waals surface area contributed by atoms with E-state index in [1.165, 1.54) is 21.8 Å². The van der Waals surface area contributed by atoms with Gasteiger partial charge in [0.2, 0.25) is 0 Å². The molecule has 3 aliphatic rings. The maximum absolute atomic E-state index is 14.6. The van der Waals surface area contributed by atoms with Gasteiger partial charge in [-0.1, -0.05) is 19.2 Å². The number of fused-ring (bicyclic) bond motifs is 2.